The zero-order valence-electron chi connectivity index (χ0n) is 13.5. The Bertz CT molecular complexity index is 467. The van der Waals surface area contributed by atoms with Crippen LogP contribution in [0.4, 0.5) is 0 Å². The largest absolute Gasteiger partial charge is 0.312 e. The minimum absolute atomic E-state index is 0.195. The number of rotatable bonds is 5. The van der Waals surface area contributed by atoms with Crippen molar-refractivity contribution >= 4 is 15.9 Å². The zero-order valence-corrected chi connectivity index (χ0v) is 15.1. The van der Waals surface area contributed by atoms with E-state index in [2.05, 4.69) is 65.8 Å². The van der Waals surface area contributed by atoms with Crippen molar-refractivity contribution < 1.29 is 0 Å². The molecule has 1 saturated carbocycles. The van der Waals surface area contributed by atoms with Gasteiger partial charge in [0.05, 0.1) is 15.9 Å². The van der Waals surface area contributed by atoms with E-state index >= 15 is 0 Å². The van der Waals surface area contributed by atoms with Gasteiger partial charge in [-0.3, -0.25) is 4.68 Å². The standard InChI is InChI=1S/C16H28BrN3/c1-6-12-14(17)13(20(5)19-12)10-16(8-7-9-16)11-18-15(2,3)4/h18H,6-11H2,1-5H3. The molecule has 0 amide bonds. The molecule has 20 heavy (non-hydrogen) atoms. The molecular formula is C16H28BrN3. The third-order valence-corrected chi connectivity index (χ3v) is 5.37. The molecule has 1 aliphatic carbocycles. The molecule has 0 bridgehead atoms. The molecule has 0 aromatic carbocycles. The summed E-state index contributed by atoms with van der Waals surface area (Å²) in [4.78, 5) is 0. The Balaban J connectivity index is 2.12. The molecule has 1 aromatic heterocycles. The lowest BCUT2D eigenvalue weighted by Gasteiger charge is -2.44. The summed E-state index contributed by atoms with van der Waals surface area (Å²) in [5, 5.41) is 8.33. The van der Waals surface area contributed by atoms with E-state index in [1.165, 1.54) is 35.1 Å². The lowest BCUT2D eigenvalue weighted by molar-refractivity contribution is 0.115. The van der Waals surface area contributed by atoms with Gasteiger partial charge in [-0.2, -0.15) is 5.10 Å². The number of aromatic nitrogens is 2. The minimum Gasteiger partial charge on any atom is -0.312 e. The Morgan fingerprint density at radius 2 is 2.00 bits per heavy atom. The predicted molar refractivity (Wildman–Crippen MR) is 88.0 cm³/mol. The van der Waals surface area contributed by atoms with Gasteiger partial charge in [-0.15, -0.1) is 0 Å². The van der Waals surface area contributed by atoms with E-state index in [1.54, 1.807) is 0 Å². The number of aryl methyl sites for hydroxylation is 2. The van der Waals surface area contributed by atoms with E-state index in [4.69, 9.17) is 0 Å². The first kappa shape index (κ1) is 16.0. The molecule has 3 nitrogen and oxygen atoms in total. The van der Waals surface area contributed by atoms with Gasteiger partial charge >= 0.3 is 0 Å². The van der Waals surface area contributed by atoms with Gasteiger partial charge in [0.2, 0.25) is 0 Å². The number of hydrogen-bond acceptors (Lipinski definition) is 2. The van der Waals surface area contributed by atoms with E-state index in [9.17, 15) is 0 Å². The molecule has 0 unspecified atom stereocenters. The van der Waals surface area contributed by atoms with Crippen LogP contribution >= 0.6 is 15.9 Å². The second-order valence-corrected chi connectivity index (χ2v) is 8.11. The lowest BCUT2D eigenvalue weighted by Crippen LogP contribution is -2.48. The fraction of sp³-hybridized carbons (Fsp3) is 0.812. The predicted octanol–water partition coefficient (Wildman–Crippen LogP) is 3.85. The topological polar surface area (TPSA) is 29.9 Å². The molecule has 114 valence electrons. The van der Waals surface area contributed by atoms with Crippen molar-refractivity contribution in [3.8, 4) is 0 Å². The summed E-state index contributed by atoms with van der Waals surface area (Å²) in [5.74, 6) is 0. The van der Waals surface area contributed by atoms with Crippen molar-refractivity contribution in [3.63, 3.8) is 0 Å². The van der Waals surface area contributed by atoms with Crippen LogP contribution in [0.25, 0.3) is 0 Å². The molecule has 1 aromatic rings. The second kappa shape index (κ2) is 5.80. The van der Waals surface area contributed by atoms with Crippen molar-refractivity contribution in [2.75, 3.05) is 6.54 Å². The maximum Gasteiger partial charge on any atom is 0.0766 e. The second-order valence-electron chi connectivity index (χ2n) is 7.32. The fourth-order valence-corrected chi connectivity index (χ4v) is 3.67. The van der Waals surface area contributed by atoms with Gasteiger partial charge in [-0.1, -0.05) is 13.3 Å². The van der Waals surface area contributed by atoms with E-state index in [0.717, 1.165) is 19.4 Å². The normalized spacial score (nSPS) is 18.1. The summed E-state index contributed by atoms with van der Waals surface area (Å²) in [6.07, 6.45) is 6.13. The SMILES string of the molecule is CCc1nn(C)c(CC2(CNC(C)(C)C)CCC2)c1Br. The molecule has 1 heterocycles. The third kappa shape index (κ3) is 3.45. The van der Waals surface area contributed by atoms with Crippen molar-refractivity contribution in [3.05, 3.63) is 15.9 Å². The number of halogens is 1. The van der Waals surface area contributed by atoms with Crippen LogP contribution in [-0.4, -0.2) is 21.9 Å². The van der Waals surface area contributed by atoms with Crippen molar-refractivity contribution in [1.29, 1.82) is 0 Å². The molecule has 4 heteroatoms. The molecular weight excluding hydrogens is 314 g/mol. The quantitative estimate of drug-likeness (QED) is 0.881. The average molecular weight is 342 g/mol. The zero-order chi connectivity index (χ0) is 15.0. The maximum absolute atomic E-state index is 4.63. The van der Waals surface area contributed by atoms with Crippen molar-refractivity contribution in [1.82, 2.24) is 15.1 Å². The van der Waals surface area contributed by atoms with Crippen LogP contribution in [0.5, 0.6) is 0 Å². The van der Waals surface area contributed by atoms with Gasteiger partial charge < -0.3 is 5.32 Å². The van der Waals surface area contributed by atoms with Gasteiger partial charge in [0, 0.05) is 19.1 Å². The molecule has 1 N–H and O–H groups in total. The summed E-state index contributed by atoms with van der Waals surface area (Å²) in [5.41, 5.74) is 3.16. The van der Waals surface area contributed by atoms with Crippen LogP contribution in [0.3, 0.4) is 0 Å². The Labute approximate surface area is 131 Å². The molecule has 1 fully saturated rings. The number of hydrogen-bond donors (Lipinski definition) is 1. The highest BCUT2D eigenvalue weighted by Gasteiger charge is 2.39. The summed E-state index contributed by atoms with van der Waals surface area (Å²) < 4.78 is 3.30. The van der Waals surface area contributed by atoms with Gasteiger partial charge in [0.1, 0.15) is 0 Å². The molecule has 0 spiro atoms. The first-order valence-corrected chi connectivity index (χ1v) is 8.51. The Kier molecular flexibility index (Phi) is 4.65. The van der Waals surface area contributed by atoms with E-state index < -0.39 is 0 Å². The van der Waals surface area contributed by atoms with E-state index in [-0.39, 0.29) is 5.54 Å². The maximum atomic E-state index is 4.63. The molecule has 0 atom stereocenters. The molecule has 0 saturated heterocycles. The molecule has 2 rings (SSSR count). The van der Waals surface area contributed by atoms with Crippen LogP contribution in [0, 0.1) is 5.41 Å². The van der Waals surface area contributed by atoms with Crippen LogP contribution in [0.2, 0.25) is 0 Å². The van der Waals surface area contributed by atoms with Gasteiger partial charge in [0.25, 0.3) is 0 Å². The average Bonchev–Trinajstić information content (AvgIpc) is 2.57. The van der Waals surface area contributed by atoms with Gasteiger partial charge in [-0.05, 0) is 67.8 Å². The molecule has 1 aliphatic rings. The first-order chi connectivity index (χ1) is 9.26. The highest BCUT2D eigenvalue weighted by Crippen LogP contribution is 2.44. The third-order valence-electron chi connectivity index (χ3n) is 4.45. The van der Waals surface area contributed by atoms with Crippen LogP contribution in [0.15, 0.2) is 4.47 Å². The van der Waals surface area contributed by atoms with Crippen molar-refractivity contribution in [2.45, 2.75) is 65.3 Å². The summed E-state index contributed by atoms with van der Waals surface area (Å²) >= 11 is 3.76. The Morgan fingerprint density at radius 1 is 1.35 bits per heavy atom. The summed E-state index contributed by atoms with van der Waals surface area (Å²) in [7, 11) is 2.07. The Morgan fingerprint density at radius 3 is 2.40 bits per heavy atom. The fourth-order valence-electron chi connectivity index (χ4n) is 2.91. The highest BCUT2D eigenvalue weighted by atomic mass is 79.9. The summed E-state index contributed by atoms with van der Waals surface area (Å²) in [6.45, 7) is 10.0. The molecule has 0 radical (unpaired) electrons. The lowest BCUT2D eigenvalue weighted by atomic mass is 9.65. The van der Waals surface area contributed by atoms with Crippen LogP contribution < -0.4 is 5.32 Å². The van der Waals surface area contributed by atoms with Crippen LogP contribution in [0.1, 0.15) is 58.3 Å². The number of nitrogens with one attached hydrogen (secondary N) is 1. The first-order valence-electron chi connectivity index (χ1n) is 7.72. The minimum atomic E-state index is 0.195. The highest BCUT2D eigenvalue weighted by molar-refractivity contribution is 9.10. The van der Waals surface area contributed by atoms with Gasteiger partial charge in [-0.25, -0.2) is 0 Å². The van der Waals surface area contributed by atoms with E-state index in [0.29, 0.717) is 5.41 Å². The Hall–Kier alpha value is -0.350. The summed E-state index contributed by atoms with van der Waals surface area (Å²) in [6, 6.07) is 0. The van der Waals surface area contributed by atoms with Crippen molar-refractivity contribution in [2.24, 2.45) is 12.5 Å². The molecule has 0 aliphatic heterocycles. The number of nitrogens with zero attached hydrogens (tertiary/aromatic N) is 2. The van der Waals surface area contributed by atoms with Crippen LogP contribution in [-0.2, 0) is 19.9 Å². The van der Waals surface area contributed by atoms with E-state index in [1.807, 2.05) is 0 Å². The monoisotopic (exact) mass is 341 g/mol. The van der Waals surface area contributed by atoms with Gasteiger partial charge in [0.15, 0.2) is 0 Å². The smallest absolute Gasteiger partial charge is 0.0766 e.